The van der Waals surface area contributed by atoms with Crippen LogP contribution in [0.5, 0.6) is 0 Å². The topological polar surface area (TPSA) is 64.4 Å². The van der Waals surface area contributed by atoms with Crippen LogP contribution in [0, 0.1) is 11.8 Å². The van der Waals surface area contributed by atoms with Crippen LogP contribution >= 0.6 is 12.4 Å². The zero-order valence-electron chi connectivity index (χ0n) is 13.3. The molecule has 4 nitrogen and oxygen atoms in total. The highest BCUT2D eigenvalue weighted by Gasteiger charge is 2.31. The normalized spacial score (nSPS) is 25.7. The second-order valence-corrected chi connectivity index (χ2v) is 6.36. The Morgan fingerprint density at radius 2 is 2.15 bits per heavy atom. The van der Waals surface area contributed by atoms with Crippen LogP contribution in [0.4, 0.5) is 0 Å². The van der Waals surface area contributed by atoms with E-state index in [-0.39, 0.29) is 24.4 Å². The second-order valence-electron chi connectivity index (χ2n) is 6.36. The molecule has 0 saturated carbocycles. The number of nitrogens with one attached hydrogen (secondary N) is 1. The SMILES string of the molecule is CCCC(C)(N)C(=O)NCC1CCCOC1C(C)C.Cl. The Bertz CT molecular complexity index is 296. The molecule has 0 spiro atoms. The standard InChI is InChI=1S/C15H30N2O2.ClH/c1-5-8-15(4,16)14(18)17-10-12-7-6-9-19-13(12)11(2)3;/h11-13H,5-10,16H2,1-4H3,(H,17,18);1H. The van der Waals surface area contributed by atoms with Crippen LogP contribution in [0.3, 0.4) is 0 Å². The van der Waals surface area contributed by atoms with E-state index < -0.39 is 5.54 Å². The van der Waals surface area contributed by atoms with E-state index in [1.165, 1.54) is 0 Å². The molecule has 20 heavy (non-hydrogen) atoms. The highest BCUT2D eigenvalue weighted by molar-refractivity contribution is 5.85. The predicted molar refractivity (Wildman–Crippen MR) is 85.1 cm³/mol. The Morgan fingerprint density at radius 1 is 1.50 bits per heavy atom. The Kier molecular flexibility index (Phi) is 8.71. The summed E-state index contributed by atoms with van der Waals surface area (Å²) in [6.45, 7) is 9.73. The molecule has 3 unspecified atom stereocenters. The molecule has 0 aromatic rings. The average molecular weight is 307 g/mol. The number of amides is 1. The number of halogens is 1. The van der Waals surface area contributed by atoms with Crippen molar-refractivity contribution in [3.05, 3.63) is 0 Å². The lowest BCUT2D eigenvalue weighted by Crippen LogP contribution is -2.53. The van der Waals surface area contributed by atoms with Gasteiger partial charge < -0.3 is 15.8 Å². The van der Waals surface area contributed by atoms with Gasteiger partial charge in [0, 0.05) is 19.1 Å². The maximum absolute atomic E-state index is 12.1. The summed E-state index contributed by atoms with van der Waals surface area (Å²) in [4.78, 5) is 12.1. The quantitative estimate of drug-likeness (QED) is 0.792. The largest absolute Gasteiger partial charge is 0.378 e. The van der Waals surface area contributed by atoms with Gasteiger partial charge in [-0.3, -0.25) is 4.79 Å². The maximum atomic E-state index is 12.1. The molecule has 1 saturated heterocycles. The van der Waals surface area contributed by atoms with Crippen LogP contribution in [0.25, 0.3) is 0 Å². The van der Waals surface area contributed by atoms with E-state index in [9.17, 15) is 4.79 Å². The molecule has 0 bridgehead atoms. The van der Waals surface area contributed by atoms with Crippen molar-refractivity contribution < 1.29 is 9.53 Å². The predicted octanol–water partition coefficient (Wildman–Crippen LogP) is 2.49. The molecule has 1 aliphatic rings. The molecular formula is C15H31ClN2O2. The number of hydrogen-bond acceptors (Lipinski definition) is 3. The Labute approximate surface area is 129 Å². The molecule has 0 aromatic carbocycles. The summed E-state index contributed by atoms with van der Waals surface area (Å²) in [6.07, 6.45) is 4.09. The van der Waals surface area contributed by atoms with Crippen molar-refractivity contribution in [2.24, 2.45) is 17.6 Å². The number of nitrogens with two attached hydrogens (primary N) is 1. The first-order valence-electron chi connectivity index (χ1n) is 7.57. The highest BCUT2D eigenvalue weighted by Crippen LogP contribution is 2.25. The van der Waals surface area contributed by atoms with Gasteiger partial charge in [-0.15, -0.1) is 12.4 Å². The van der Waals surface area contributed by atoms with Crippen LogP contribution in [-0.4, -0.2) is 30.7 Å². The lowest BCUT2D eigenvalue weighted by molar-refractivity contribution is -0.127. The van der Waals surface area contributed by atoms with Crippen LogP contribution in [-0.2, 0) is 9.53 Å². The van der Waals surface area contributed by atoms with Gasteiger partial charge in [-0.25, -0.2) is 0 Å². The maximum Gasteiger partial charge on any atom is 0.239 e. The third-order valence-electron chi connectivity index (χ3n) is 3.96. The number of ether oxygens (including phenoxy) is 1. The fourth-order valence-electron chi connectivity index (χ4n) is 2.88. The van der Waals surface area contributed by atoms with Crippen molar-refractivity contribution >= 4 is 18.3 Å². The molecule has 0 radical (unpaired) electrons. The Hall–Kier alpha value is -0.320. The Balaban J connectivity index is 0.00000361. The molecule has 1 heterocycles. The third kappa shape index (κ3) is 5.58. The first kappa shape index (κ1) is 19.7. The van der Waals surface area contributed by atoms with E-state index in [1.807, 2.05) is 13.8 Å². The third-order valence-corrected chi connectivity index (χ3v) is 3.96. The highest BCUT2D eigenvalue weighted by atomic mass is 35.5. The van der Waals surface area contributed by atoms with Crippen LogP contribution in [0.15, 0.2) is 0 Å². The van der Waals surface area contributed by atoms with Crippen molar-refractivity contribution in [1.29, 1.82) is 0 Å². The molecule has 1 amide bonds. The number of hydrogen-bond donors (Lipinski definition) is 2. The van der Waals surface area contributed by atoms with Gasteiger partial charge in [0.05, 0.1) is 11.6 Å². The first-order chi connectivity index (χ1) is 8.88. The molecule has 3 N–H and O–H groups in total. The molecule has 120 valence electrons. The summed E-state index contributed by atoms with van der Waals surface area (Å²) in [5, 5.41) is 3.02. The summed E-state index contributed by atoms with van der Waals surface area (Å²) in [5.74, 6) is 0.861. The van der Waals surface area contributed by atoms with Crippen molar-refractivity contribution in [1.82, 2.24) is 5.32 Å². The number of carbonyl (C=O) groups excluding carboxylic acids is 1. The van der Waals surface area contributed by atoms with Crippen molar-refractivity contribution in [3.8, 4) is 0 Å². The van der Waals surface area contributed by atoms with Gasteiger partial charge in [0.1, 0.15) is 0 Å². The van der Waals surface area contributed by atoms with E-state index >= 15 is 0 Å². The first-order valence-corrected chi connectivity index (χ1v) is 7.57. The van der Waals surface area contributed by atoms with Crippen molar-refractivity contribution in [2.75, 3.05) is 13.2 Å². The fraction of sp³-hybridized carbons (Fsp3) is 0.933. The fourth-order valence-corrected chi connectivity index (χ4v) is 2.88. The second kappa shape index (κ2) is 8.85. The smallest absolute Gasteiger partial charge is 0.239 e. The zero-order valence-corrected chi connectivity index (χ0v) is 14.1. The van der Waals surface area contributed by atoms with Crippen LogP contribution in [0.1, 0.15) is 53.4 Å². The van der Waals surface area contributed by atoms with Gasteiger partial charge in [0.2, 0.25) is 5.91 Å². The van der Waals surface area contributed by atoms with E-state index in [4.69, 9.17) is 10.5 Å². The van der Waals surface area contributed by atoms with Crippen LogP contribution < -0.4 is 11.1 Å². The molecule has 1 fully saturated rings. The molecular weight excluding hydrogens is 276 g/mol. The lowest BCUT2D eigenvalue weighted by atomic mass is 9.87. The minimum Gasteiger partial charge on any atom is -0.378 e. The minimum absolute atomic E-state index is 0. The minimum atomic E-state index is -0.752. The average Bonchev–Trinajstić information content (AvgIpc) is 2.36. The molecule has 0 aromatic heterocycles. The molecule has 1 aliphatic heterocycles. The van der Waals surface area contributed by atoms with E-state index in [0.29, 0.717) is 24.8 Å². The molecule has 3 atom stereocenters. The van der Waals surface area contributed by atoms with E-state index in [2.05, 4.69) is 19.2 Å². The summed E-state index contributed by atoms with van der Waals surface area (Å²) in [7, 11) is 0. The number of carbonyl (C=O) groups is 1. The van der Waals surface area contributed by atoms with Gasteiger partial charge in [0.25, 0.3) is 0 Å². The van der Waals surface area contributed by atoms with Gasteiger partial charge in [-0.05, 0) is 32.1 Å². The van der Waals surface area contributed by atoms with Crippen molar-refractivity contribution in [3.63, 3.8) is 0 Å². The molecule has 0 aliphatic carbocycles. The van der Waals surface area contributed by atoms with E-state index in [0.717, 1.165) is 25.9 Å². The van der Waals surface area contributed by atoms with Gasteiger partial charge in [-0.1, -0.05) is 27.2 Å². The van der Waals surface area contributed by atoms with Crippen molar-refractivity contribution in [2.45, 2.75) is 65.0 Å². The van der Waals surface area contributed by atoms with Gasteiger partial charge in [0.15, 0.2) is 0 Å². The summed E-state index contributed by atoms with van der Waals surface area (Å²) in [5.41, 5.74) is 5.29. The van der Waals surface area contributed by atoms with Crippen LogP contribution in [0.2, 0.25) is 0 Å². The monoisotopic (exact) mass is 306 g/mol. The molecule has 5 heteroatoms. The van der Waals surface area contributed by atoms with E-state index in [1.54, 1.807) is 0 Å². The summed E-state index contributed by atoms with van der Waals surface area (Å²) >= 11 is 0. The number of rotatable bonds is 6. The van der Waals surface area contributed by atoms with Gasteiger partial charge >= 0.3 is 0 Å². The summed E-state index contributed by atoms with van der Waals surface area (Å²) in [6, 6.07) is 0. The zero-order chi connectivity index (χ0) is 14.5. The van der Waals surface area contributed by atoms with Gasteiger partial charge in [-0.2, -0.15) is 0 Å². The Morgan fingerprint density at radius 3 is 2.70 bits per heavy atom. The molecule has 1 rings (SSSR count). The summed E-state index contributed by atoms with van der Waals surface area (Å²) < 4.78 is 5.83. The lowest BCUT2D eigenvalue weighted by Gasteiger charge is -2.35.